The molecular formula is C27H32Cl2N2O3. The summed E-state index contributed by atoms with van der Waals surface area (Å²) in [6.45, 7) is 4.20. The van der Waals surface area contributed by atoms with Gasteiger partial charge in [-0.2, -0.15) is 0 Å². The smallest absolute Gasteiger partial charge is 0.246 e. The third-order valence-electron chi connectivity index (χ3n) is 6.65. The van der Waals surface area contributed by atoms with Crippen LogP contribution in [-0.2, 0) is 4.79 Å². The molecule has 182 valence electrons. The van der Waals surface area contributed by atoms with Crippen LogP contribution < -0.4 is 4.74 Å². The molecule has 0 aromatic heterocycles. The SMILES string of the molecule is O=C(C=Cc1ccccc1OCC(O)CN1CCC(c2cccc(Cl)c2Cl)CC1)N1CCCC1. The lowest BCUT2D eigenvalue weighted by Gasteiger charge is -2.33. The minimum absolute atomic E-state index is 0.0369. The van der Waals surface area contributed by atoms with E-state index in [2.05, 4.69) is 11.0 Å². The summed E-state index contributed by atoms with van der Waals surface area (Å²) in [7, 11) is 0. The van der Waals surface area contributed by atoms with Gasteiger partial charge in [0.25, 0.3) is 0 Å². The van der Waals surface area contributed by atoms with Crippen LogP contribution in [0.3, 0.4) is 0 Å². The number of rotatable bonds is 8. The minimum Gasteiger partial charge on any atom is -0.490 e. The molecule has 2 fully saturated rings. The summed E-state index contributed by atoms with van der Waals surface area (Å²) >= 11 is 12.6. The molecule has 5 nitrogen and oxygen atoms in total. The van der Waals surface area contributed by atoms with Crippen LogP contribution in [0.4, 0.5) is 0 Å². The van der Waals surface area contributed by atoms with Gasteiger partial charge in [0.2, 0.25) is 5.91 Å². The highest BCUT2D eigenvalue weighted by molar-refractivity contribution is 6.42. The largest absolute Gasteiger partial charge is 0.490 e. The fourth-order valence-corrected chi connectivity index (χ4v) is 5.21. The van der Waals surface area contributed by atoms with Crippen LogP contribution in [-0.4, -0.2) is 66.2 Å². The van der Waals surface area contributed by atoms with E-state index in [-0.39, 0.29) is 12.5 Å². The quantitative estimate of drug-likeness (QED) is 0.501. The molecule has 0 radical (unpaired) electrons. The van der Waals surface area contributed by atoms with E-state index in [1.54, 1.807) is 12.2 Å². The summed E-state index contributed by atoms with van der Waals surface area (Å²) in [5.74, 6) is 1.09. The highest BCUT2D eigenvalue weighted by Crippen LogP contribution is 2.36. The number of β-amino-alcohol motifs (C(OH)–C–C–N with tert-alkyl or cyclic N) is 1. The van der Waals surface area contributed by atoms with Gasteiger partial charge in [0.05, 0.1) is 10.0 Å². The third kappa shape index (κ3) is 6.54. The molecule has 0 bridgehead atoms. The Morgan fingerprint density at radius 3 is 2.56 bits per heavy atom. The Kier molecular flexibility index (Phi) is 8.90. The second-order valence-corrected chi connectivity index (χ2v) is 9.87. The van der Waals surface area contributed by atoms with E-state index in [4.69, 9.17) is 27.9 Å². The Hall–Kier alpha value is -2.05. The first-order chi connectivity index (χ1) is 16.5. The lowest BCUT2D eigenvalue weighted by atomic mass is 9.89. The van der Waals surface area contributed by atoms with Crippen molar-refractivity contribution in [2.75, 3.05) is 39.3 Å². The maximum absolute atomic E-state index is 12.3. The van der Waals surface area contributed by atoms with E-state index in [9.17, 15) is 9.90 Å². The molecule has 0 aliphatic carbocycles. The number of likely N-dealkylation sites (tertiary alicyclic amines) is 2. The molecule has 2 aromatic carbocycles. The van der Waals surface area contributed by atoms with E-state index in [0.717, 1.165) is 63.0 Å². The Morgan fingerprint density at radius 2 is 1.79 bits per heavy atom. The van der Waals surface area contributed by atoms with E-state index in [1.807, 2.05) is 41.3 Å². The molecule has 2 aromatic rings. The number of carbonyl (C=O) groups excluding carboxylic acids is 1. The van der Waals surface area contributed by atoms with Crippen LogP contribution in [0.5, 0.6) is 5.75 Å². The molecule has 34 heavy (non-hydrogen) atoms. The van der Waals surface area contributed by atoms with Crippen LogP contribution in [0.1, 0.15) is 42.7 Å². The summed E-state index contributed by atoms with van der Waals surface area (Å²) < 4.78 is 5.93. The molecule has 2 saturated heterocycles. The summed E-state index contributed by atoms with van der Waals surface area (Å²) in [5, 5.41) is 11.9. The van der Waals surface area contributed by atoms with Crippen molar-refractivity contribution in [2.45, 2.75) is 37.7 Å². The molecule has 1 unspecified atom stereocenters. The van der Waals surface area contributed by atoms with Crippen molar-refractivity contribution < 1.29 is 14.6 Å². The van der Waals surface area contributed by atoms with Crippen molar-refractivity contribution in [1.29, 1.82) is 0 Å². The summed E-state index contributed by atoms with van der Waals surface area (Å²) in [4.78, 5) is 16.4. The van der Waals surface area contributed by atoms with Crippen LogP contribution >= 0.6 is 23.2 Å². The second-order valence-electron chi connectivity index (χ2n) is 9.09. The van der Waals surface area contributed by atoms with Crippen molar-refractivity contribution in [1.82, 2.24) is 9.80 Å². The molecular weight excluding hydrogens is 471 g/mol. The normalized spacial score (nSPS) is 18.5. The molecule has 2 aliphatic heterocycles. The third-order valence-corrected chi connectivity index (χ3v) is 7.48. The Bertz CT molecular complexity index is 999. The highest BCUT2D eigenvalue weighted by atomic mass is 35.5. The van der Waals surface area contributed by atoms with Gasteiger partial charge in [0.15, 0.2) is 0 Å². The number of aliphatic hydroxyl groups is 1. The number of para-hydroxylation sites is 1. The maximum Gasteiger partial charge on any atom is 0.246 e. The number of halogens is 2. The summed E-state index contributed by atoms with van der Waals surface area (Å²) in [6.07, 6.45) is 6.91. The Balaban J connectivity index is 1.25. The standard InChI is InChI=1S/C27H32Cl2N2O3/c28-24-8-5-7-23(27(24)29)20-12-16-30(17-13-20)18-22(32)19-34-25-9-2-1-6-21(25)10-11-26(33)31-14-3-4-15-31/h1-2,5-11,20,22,32H,3-4,12-19H2. The molecule has 2 heterocycles. The van der Waals surface area contributed by atoms with Crippen LogP contribution in [0, 0.1) is 0 Å². The maximum atomic E-state index is 12.3. The zero-order valence-corrected chi connectivity index (χ0v) is 20.8. The van der Waals surface area contributed by atoms with Gasteiger partial charge in [-0.3, -0.25) is 4.79 Å². The number of amides is 1. The monoisotopic (exact) mass is 502 g/mol. The number of aliphatic hydroxyl groups excluding tert-OH is 1. The predicted octanol–water partition coefficient (Wildman–Crippen LogP) is 5.25. The van der Waals surface area contributed by atoms with Gasteiger partial charge in [-0.15, -0.1) is 0 Å². The van der Waals surface area contributed by atoms with Crippen LogP contribution in [0.15, 0.2) is 48.5 Å². The zero-order valence-electron chi connectivity index (χ0n) is 19.3. The number of hydrogen-bond acceptors (Lipinski definition) is 4. The van der Waals surface area contributed by atoms with E-state index in [0.29, 0.717) is 28.3 Å². The predicted molar refractivity (Wildman–Crippen MR) is 138 cm³/mol. The number of carbonyl (C=O) groups is 1. The van der Waals surface area contributed by atoms with Gasteiger partial charge < -0.3 is 19.6 Å². The highest BCUT2D eigenvalue weighted by Gasteiger charge is 2.24. The fraction of sp³-hybridized carbons (Fsp3) is 0.444. The van der Waals surface area contributed by atoms with Crippen molar-refractivity contribution in [3.05, 3.63) is 69.7 Å². The lowest BCUT2D eigenvalue weighted by Crippen LogP contribution is -2.40. The molecule has 4 rings (SSSR count). The molecule has 1 N–H and O–H groups in total. The molecule has 2 aliphatic rings. The molecule has 0 saturated carbocycles. The summed E-state index contributed by atoms with van der Waals surface area (Å²) in [5.41, 5.74) is 1.95. The van der Waals surface area contributed by atoms with E-state index < -0.39 is 6.10 Å². The topological polar surface area (TPSA) is 53.0 Å². The first-order valence-electron chi connectivity index (χ1n) is 12.0. The number of piperidine rings is 1. The van der Waals surface area contributed by atoms with E-state index in [1.165, 1.54) is 0 Å². The average molecular weight is 503 g/mol. The van der Waals surface area contributed by atoms with Gasteiger partial charge in [0.1, 0.15) is 18.5 Å². The van der Waals surface area contributed by atoms with Gasteiger partial charge >= 0.3 is 0 Å². The molecule has 0 spiro atoms. The number of ether oxygens (including phenoxy) is 1. The van der Waals surface area contributed by atoms with E-state index >= 15 is 0 Å². The van der Waals surface area contributed by atoms with Gasteiger partial charge in [0, 0.05) is 31.3 Å². The van der Waals surface area contributed by atoms with Crippen molar-refractivity contribution in [3.8, 4) is 5.75 Å². The van der Waals surface area contributed by atoms with Gasteiger partial charge in [-0.1, -0.05) is 53.5 Å². The van der Waals surface area contributed by atoms with Crippen molar-refractivity contribution in [2.24, 2.45) is 0 Å². The number of hydrogen-bond donors (Lipinski definition) is 1. The summed E-state index contributed by atoms with van der Waals surface area (Å²) in [6, 6.07) is 13.4. The van der Waals surface area contributed by atoms with Gasteiger partial charge in [-0.25, -0.2) is 0 Å². The minimum atomic E-state index is -0.602. The fourth-order valence-electron chi connectivity index (χ4n) is 4.75. The number of nitrogens with zero attached hydrogens (tertiary/aromatic N) is 2. The van der Waals surface area contributed by atoms with Crippen molar-refractivity contribution >= 4 is 35.2 Å². The second kappa shape index (κ2) is 12.1. The van der Waals surface area contributed by atoms with Crippen LogP contribution in [0.2, 0.25) is 10.0 Å². The Morgan fingerprint density at radius 1 is 1.06 bits per heavy atom. The zero-order chi connectivity index (χ0) is 23.9. The molecule has 1 atom stereocenters. The molecule has 7 heteroatoms. The first-order valence-corrected chi connectivity index (χ1v) is 12.8. The van der Waals surface area contributed by atoms with Gasteiger partial charge in [-0.05, 0) is 68.5 Å². The molecule has 1 amide bonds. The van der Waals surface area contributed by atoms with Crippen LogP contribution in [0.25, 0.3) is 6.08 Å². The number of benzene rings is 2. The van der Waals surface area contributed by atoms with Crippen molar-refractivity contribution in [3.63, 3.8) is 0 Å². The Labute approximate surface area is 211 Å². The lowest BCUT2D eigenvalue weighted by molar-refractivity contribution is -0.124. The average Bonchev–Trinajstić information content (AvgIpc) is 3.39. The first kappa shape index (κ1) is 25.1.